The van der Waals surface area contributed by atoms with E-state index in [2.05, 4.69) is 17.0 Å². The summed E-state index contributed by atoms with van der Waals surface area (Å²) in [6.45, 7) is 5.46. The Kier molecular flexibility index (Phi) is 0.881. The first-order valence-corrected chi connectivity index (χ1v) is 2.10. The zero-order valence-electron chi connectivity index (χ0n) is 3.65. The average Bonchev–Trinajstić information content (AvgIpc) is 1.31. The second-order valence-corrected chi connectivity index (χ2v) is 1.49. The number of hydrogen-bond donors (Lipinski definition) is 1. The molecule has 0 aromatic heterocycles. The van der Waals surface area contributed by atoms with E-state index in [0.717, 1.165) is 13.1 Å². The third kappa shape index (κ3) is 0.431. The van der Waals surface area contributed by atoms with Crippen molar-refractivity contribution in [3.63, 3.8) is 0 Å². The molecule has 6 heavy (non-hydrogen) atoms. The van der Waals surface area contributed by atoms with Crippen LogP contribution in [0.3, 0.4) is 0 Å². The Morgan fingerprint density at radius 2 is 2.33 bits per heavy atom. The van der Waals surface area contributed by atoms with Crippen LogP contribution < -0.4 is 5.32 Å². The van der Waals surface area contributed by atoms with Gasteiger partial charge in [-0.3, -0.25) is 4.99 Å². The van der Waals surface area contributed by atoms with Crippen molar-refractivity contribution < 1.29 is 0 Å². The summed E-state index contributed by atoms with van der Waals surface area (Å²) in [4.78, 5) is 3.78. The number of aliphatic imine (C=N–C) groups is 1. The lowest BCUT2D eigenvalue weighted by molar-refractivity contribution is 0.450. The summed E-state index contributed by atoms with van der Waals surface area (Å²) in [5.41, 5.74) is 0. The van der Waals surface area contributed by atoms with Crippen molar-refractivity contribution >= 4 is 6.72 Å². The maximum absolute atomic E-state index is 3.78. The number of nitrogens with zero attached hydrogens (tertiary/aromatic N) is 1. The Balaban J connectivity index is 2.16. The highest BCUT2D eigenvalue weighted by Crippen LogP contribution is 1.92. The van der Waals surface area contributed by atoms with Gasteiger partial charge in [-0.1, -0.05) is 0 Å². The largest absolute Gasteiger partial charge is 0.312 e. The average molecular weight is 84.1 g/mol. The molecule has 0 saturated carbocycles. The molecule has 0 aromatic carbocycles. The predicted molar refractivity (Wildman–Crippen MR) is 26.2 cm³/mol. The smallest absolute Gasteiger partial charge is 0.0740 e. The van der Waals surface area contributed by atoms with Gasteiger partial charge in [-0.15, -0.1) is 0 Å². The van der Waals surface area contributed by atoms with Gasteiger partial charge < -0.3 is 5.32 Å². The topological polar surface area (TPSA) is 24.4 Å². The Bertz CT molecular complexity index is 56.6. The molecule has 0 unspecified atom stereocenters. The van der Waals surface area contributed by atoms with Gasteiger partial charge in [0.05, 0.1) is 6.04 Å². The molecule has 1 aliphatic heterocycles. The highest BCUT2D eigenvalue weighted by atomic mass is 15.0. The second-order valence-electron chi connectivity index (χ2n) is 1.49. The molecule has 1 N–H and O–H groups in total. The van der Waals surface area contributed by atoms with E-state index < -0.39 is 0 Å². The summed E-state index contributed by atoms with van der Waals surface area (Å²) < 4.78 is 0. The van der Waals surface area contributed by atoms with E-state index in [1.165, 1.54) is 0 Å². The van der Waals surface area contributed by atoms with Crippen LogP contribution in [0.4, 0.5) is 0 Å². The van der Waals surface area contributed by atoms with Gasteiger partial charge in [0.2, 0.25) is 0 Å². The van der Waals surface area contributed by atoms with Crippen LogP contribution >= 0.6 is 0 Å². The van der Waals surface area contributed by atoms with E-state index in [1.807, 2.05) is 0 Å². The van der Waals surface area contributed by atoms with Crippen LogP contribution in [-0.2, 0) is 0 Å². The molecular weight excluding hydrogens is 76.1 g/mol. The van der Waals surface area contributed by atoms with E-state index in [4.69, 9.17) is 0 Å². The van der Waals surface area contributed by atoms with Gasteiger partial charge in [-0.25, -0.2) is 0 Å². The number of rotatable bonds is 1. The highest BCUT2D eigenvalue weighted by Gasteiger charge is 2.11. The first kappa shape index (κ1) is 3.81. The minimum Gasteiger partial charge on any atom is -0.312 e. The normalized spacial score (nSPS) is 22.7. The molecule has 0 radical (unpaired) electrons. The van der Waals surface area contributed by atoms with Gasteiger partial charge in [-0.2, -0.15) is 0 Å². The molecule has 0 aliphatic carbocycles. The van der Waals surface area contributed by atoms with Crippen LogP contribution in [0.15, 0.2) is 4.99 Å². The molecule has 0 amide bonds. The van der Waals surface area contributed by atoms with E-state index in [9.17, 15) is 0 Å². The Hall–Kier alpha value is -0.370. The van der Waals surface area contributed by atoms with Crippen LogP contribution in [0.5, 0.6) is 0 Å². The summed E-state index contributed by atoms with van der Waals surface area (Å²) >= 11 is 0. The molecule has 34 valence electrons. The fraction of sp³-hybridized carbons (Fsp3) is 0.750. The molecule has 1 rings (SSSR count). The van der Waals surface area contributed by atoms with Crippen LogP contribution in [0, 0.1) is 0 Å². The van der Waals surface area contributed by atoms with Crippen molar-refractivity contribution in [2.75, 3.05) is 13.1 Å². The minimum atomic E-state index is 0.519. The van der Waals surface area contributed by atoms with Crippen molar-refractivity contribution in [3.05, 3.63) is 0 Å². The zero-order valence-corrected chi connectivity index (χ0v) is 3.65. The maximum atomic E-state index is 3.78. The fourth-order valence-electron chi connectivity index (χ4n) is 0.403. The molecule has 0 aromatic rings. The van der Waals surface area contributed by atoms with Gasteiger partial charge in [0.25, 0.3) is 0 Å². The van der Waals surface area contributed by atoms with Crippen molar-refractivity contribution in [2.45, 2.75) is 6.04 Å². The van der Waals surface area contributed by atoms with Crippen LogP contribution in [0.2, 0.25) is 0 Å². The van der Waals surface area contributed by atoms with Crippen molar-refractivity contribution in [3.8, 4) is 0 Å². The van der Waals surface area contributed by atoms with E-state index in [-0.39, 0.29) is 0 Å². The lowest BCUT2D eigenvalue weighted by Gasteiger charge is -2.21. The Morgan fingerprint density at radius 1 is 1.67 bits per heavy atom. The molecule has 0 bridgehead atoms. The van der Waals surface area contributed by atoms with E-state index in [0.29, 0.717) is 6.04 Å². The third-order valence-electron chi connectivity index (χ3n) is 1.02. The molecule has 1 heterocycles. The van der Waals surface area contributed by atoms with Crippen molar-refractivity contribution in [1.29, 1.82) is 0 Å². The lowest BCUT2D eigenvalue weighted by Crippen LogP contribution is -2.45. The summed E-state index contributed by atoms with van der Waals surface area (Å²) in [6, 6.07) is 0.519. The standard InChI is InChI=1S/C4H8N2/c1-5-4-2-6-3-4/h4,6H,1-3H2. The van der Waals surface area contributed by atoms with Gasteiger partial charge >= 0.3 is 0 Å². The first-order valence-electron chi connectivity index (χ1n) is 2.10. The summed E-state index contributed by atoms with van der Waals surface area (Å²) in [5.74, 6) is 0. The minimum absolute atomic E-state index is 0.519. The zero-order chi connectivity index (χ0) is 4.41. The van der Waals surface area contributed by atoms with Crippen LogP contribution in [-0.4, -0.2) is 25.8 Å². The molecule has 0 atom stereocenters. The Morgan fingerprint density at radius 3 is 2.33 bits per heavy atom. The molecule has 1 aliphatic rings. The molecule has 2 heteroatoms. The van der Waals surface area contributed by atoms with E-state index >= 15 is 0 Å². The molecule has 2 nitrogen and oxygen atoms in total. The number of hydrogen-bond acceptors (Lipinski definition) is 2. The van der Waals surface area contributed by atoms with Crippen molar-refractivity contribution in [1.82, 2.24) is 5.32 Å². The van der Waals surface area contributed by atoms with Gasteiger partial charge in [0, 0.05) is 13.1 Å². The number of nitrogens with one attached hydrogen (secondary N) is 1. The molecule has 1 fully saturated rings. The van der Waals surface area contributed by atoms with Crippen LogP contribution in [0.25, 0.3) is 0 Å². The van der Waals surface area contributed by atoms with Gasteiger partial charge in [-0.05, 0) is 6.72 Å². The maximum Gasteiger partial charge on any atom is 0.0740 e. The fourth-order valence-corrected chi connectivity index (χ4v) is 0.403. The van der Waals surface area contributed by atoms with Gasteiger partial charge in [0.15, 0.2) is 0 Å². The second kappa shape index (κ2) is 1.39. The quantitative estimate of drug-likeness (QED) is 0.432. The highest BCUT2D eigenvalue weighted by molar-refractivity contribution is 5.24. The summed E-state index contributed by atoms with van der Waals surface area (Å²) in [5, 5.41) is 3.08. The first-order chi connectivity index (χ1) is 2.93. The molecule has 0 spiro atoms. The van der Waals surface area contributed by atoms with Crippen LogP contribution in [0.1, 0.15) is 0 Å². The Labute approximate surface area is 37.3 Å². The SMILES string of the molecule is C=NC1CNC1. The molecular formula is C4H8N2. The van der Waals surface area contributed by atoms with Crippen molar-refractivity contribution in [2.24, 2.45) is 4.99 Å². The summed E-state index contributed by atoms with van der Waals surface area (Å²) in [6.07, 6.45) is 0. The summed E-state index contributed by atoms with van der Waals surface area (Å²) in [7, 11) is 0. The molecule has 1 saturated heterocycles. The lowest BCUT2D eigenvalue weighted by atomic mass is 10.2. The van der Waals surface area contributed by atoms with Gasteiger partial charge in [0.1, 0.15) is 0 Å². The predicted octanol–water partition coefficient (Wildman–Crippen LogP) is -0.341. The third-order valence-corrected chi connectivity index (χ3v) is 1.02. The van der Waals surface area contributed by atoms with E-state index in [1.54, 1.807) is 0 Å². The monoisotopic (exact) mass is 84.1 g/mol.